The Morgan fingerprint density at radius 1 is 1.52 bits per heavy atom. The number of rotatable bonds is 3. The minimum absolute atomic E-state index is 0.0335. The van der Waals surface area contributed by atoms with Crippen molar-refractivity contribution in [2.45, 2.75) is 25.9 Å². The third-order valence-electron chi connectivity index (χ3n) is 4.05. The van der Waals surface area contributed by atoms with E-state index in [2.05, 4.69) is 4.98 Å². The fourth-order valence-electron chi connectivity index (χ4n) is 2.61. The van der Waals surface area contributed by atoms with Gasteiger partial charge in [-0.05, 0) is 19.4 Å². The van der Waals surface area contributed by atoms with Crippen LogP contribution in [0, 0.1) is 6.92 Å². The smallest absolute Gasteiger partial charge is 0.270 e. The topological polar surface area (TPSA) is 58.4 Å². The van der Waals surface area contributed by atoms with Crippen molar-refractivity contribution >= 4 is 17.2 Å². The van der Waals surface area contributed by atoms with E-state index in [1.165, 1.54) is 0 Å². The standard InChI is InChI=1S/C15H19N3O2S/c1-4-15(20)8-18(9-15)14(19)13-5-11(6-17(13)3)12-7-21-10(2)16-12/h5-7,20H,4,8-9H2,1-3H3. The average Bonchev–Trinajstić information content (AvgIpc) is 3.00. The van der Waals surface area contributed by atoms with Gasteiger partial charge in [0.25, 0.3) is 5.91 Å². The average molecular weight is 305 g/mol. The summed E-state index contributed by atoms with van der Waals surface area (Å²) in [6.45, 7) is 4.74. The van der Waals surface area contributed by atoms with Gasteiger partial charge in [0.1, 0.15) is 5.69 Å². The molecule has 1 aliphatic heterocycles. The SMILES string of the molecule is CCC1(O)CN(C(=O)c2cc(-c3csc(C)n3)cn2C)C1. The molecule has 1 amide bonds. The molecule has 2 aromatic heterocycles. The quantitative estimate of drug-likeness (QED) is 0.944. The van der Waals surface area contributed by atoms with Gasteiger partial charge in [-0.2, -0.15) is 0 Å². The second kappa shape index (κ2) is 4.96. The number of hydrogen-bond donors (Lipinski definition) is 1. The van der Waals surface area contributed by atoms with E-state index in [1.807, 2.05) is 43.1 Å². The Morgan fingerprint density at radius 2 is 2.24 bits per heavy atom. The van der Waals surface area contributed by atoms with E-state index >= 15 is 0 Å². The largest absolute Gasteiger partial charge is 0.386 e. The van der Waals surface area contributed by atoms with Crippen LogP contribution in [0.25, 0.3) is 11.3 Å². The molecule has 6 heteroatoms. The van der Waals surface area contributed by atoms with Crippen LogP contribution >= 0.6 is 11.3 Å². The molecule has 21 heavy (non-hydrogen) atoms. The van der Waals surface area contributed by atoms with Gasteiger partial charge in [-0.1, -0.05) is 6.92 Å². The van der Waals surface area contributed by atoms with Crippen LogP contribution in [0.2, 0.25) is 0 Å². The highest BCUT2D eigenvalue weighted by Gasteiger charge is 2.42. The van der Waals surface area contributed by atoms with Crippen molar-refractivity contribution in [3.05, 3.63) is 28.3 Å². The Balaban J connectivity index is 1.81. The maximum Gasteiger partial charge on any atom is 0.270 e. The number of carbonyl (C=O) groups is 1. The molecule has 112 valence electrons. The van der Waals surface area contributed by atoms with Crippen molar-refractivity contribution in [1.29, 1.82) is 0 Å². The van der Waals surface area contributed by atoms with E-state index in [0.29, 0.717) is 25.2 Å². The molecule has 1 fully saturated rings. The number of aliphatic hydroxyl groups is 1. The van der Waals surface area contributed by atoms with Crippen molar-refractivity contribution in [1.82, 2.24) is 14.5 Å². The number of hydrogen-bond acceptors (Lipinski definition) is 4. The summed E-state index contributed by atoms with van der Waals surface area (Å²) in [7, 11) is 1.86. The van der Waals surface area contributed by atoms with Crippen LogP contribution in [0.1, 0.15) is 28.8 Å². The van der Waals surface area contributed by atoms with Gasteiger partial charge in [0.15, 0.2) is 0 Å². The van der Waals surface area contributed by atoms with Gasteiger partial charge in [0.2, 0.25) is 0 Å². The van der Waals surface area contributed by atoms with Crippen LogP contribution in [0.3, 0.4) is 0 Å². The Kier molecular flexibility index (Phi) is 3.37. The Bertz CT molecular complexity index is 683. The van der Waals surface area contributed by atoms with Gasteiger partial charge < -0.3 is 14.6 Å². The minimum Gasteiger partial charge on any atom is -0.386 e. The summed E-state index contributed by atoms with van der Waals surface area (Å²) in [4.78, 5) is 18.6. The van der Waals surface area contributed by atoms with Crippen molar-refractivity contribution in [2.24, 2.45) is 7.05 Å². The van der Waals surface area contributed by atoms with E-state index in [0.717, 1.165) is 16.3 Å². The molecule has 3 rings (SSSR count). The number of β-amino-alcohol motifs (C(OH)–C–C–N with tert-alkyl or cyclic N) is 1. The highest BCUT2D eigenvalue weighted by Crippen LogP contribution is 2.28. The summed E-state index contributed by atoms with van der Waals surface area (Å²) in [6, 6.07) is 1.88. The van der Waals surface area contributed by atoms with Crippen LogP contribution < -0.4 is 0 Å². The lowest BCUT2D eigenvalue weighted by molar-refractivity contribution is -0.0829. The van der Waals surface area contributed by atoms with Gasteiger partial charge in [-0.25, -0.2) is 4.98 Å². The van der Waals surface area contributed by atoms with Crippen LogP contribution in [-0.4, -0.2) is 44.2 Å². The molecular weight excluding hydrogens is 286 g/mol. The number of thiazole rings is 1. The maximum atomic E-state index is 12.5. The Hall–Kier alpha value is -1.66. The van der Waals surface area contributed by atoms with E-state index in [9.17, 15) is 9.90 Å². The van der Waals surface area contributed by atoms with E-state index in [1.54, 1.807) is 16.2 Å². The van der Waals surface area contributed by atoms with Crippen LogP contribution in [0.15, 0.2) is 17.6 Å². The summed E-state index contributed by atoms with van der Waals surface area (Å²) >= 11 is 1.60. The maximum absolute atomic E-state index is 12.5. The normalized spacial score (nSPS) is 16.9. The summed E-state index contributed by atoms with van der Waals surface area (Å²) in [5.74, 6) is -0.0335. The summed E-state index contributed by atoms with van der Waals surface area (Å²) in [6.07, 6.45) is 2.60. The molecule has 3 heterocycles. The van der Waals surface area contributed by atoms with Crippen molar-refractivity contribution < 1.29 is 9.90 Å². The molecule has 0 unspecified atom stereocenters. The first-order chi connectivity index (χ1) is 9.92. The van der Waals surface area contributed by atoms with Crippen LogP contribution in [0.4, 0.5) is 0 Å². The summed E-state index contributed by atoms with van der Waals surface area (Å²) in [5.41, 5.74) is 1.79. The van der Waals surface area contributed by atoms with Crippen molar-refractivity contribution in [3.8, 4) is 11.3 Å². The van der Waals surface area contributed by atoms with Crippen LogP contribution in [0.5, 0.6) is 0 Å². The molecule has 0 bridgehead atoms. The first-order valence-electron chi connectivity index (χ1n) is 7.02. The molecule has 0 saturated carbocycles. The summed E-state index contributed by atoms with van der Waals surface area (Å²) in [5, 5.41) is 13.0. The molecule has 0 aromatic carbocycles. The first-order valence-corrected chi connectivity index (χ1v) is 7.90. The summed E-state index contributed by atoms with van der Waals surface area (Å²) < 4.78 is 1.83. The van der Waals surface area contributed by atoms with Gasteiger partial charge in [-0.15, -0.1) is 11.3 Å². The zero-order chi connectivity index (χ0) is 15.2. The molecule has 0 spiro atoms. The lowest BCUT2D eigenvalue weighted by atomic mass is 9.91. The predicted molar refractivity (Wildman–Crippen MR) is 82.4 cm³/mol. The molecule has 2 aromatic rings. The van der Waals surface area contributed by atoms with E-state index in [4.69, 9.17) is 0 Å². The number of aryl methyl sites for hydroxylation is 2. The number of nitrogens with zero attached hydrogens (tertiary/aromatic N) is 3. The van der Waals surface area contributed by atoms with Crippen molar-refractivity contribution in [3.63, 3.8) is 0 Å². The zero-order valence-electron chi connectivity index (χ0n) is 12.5. The third kappa shape index (κ3) is 2.49. The molecule has 0 radical (unpaired) electrons. The molecular formula is C15H19N3O2S. The predicted octanol–water partition coefficient (Wildman–Crippen LogP) is 2.05. The number of carbonyl (C=O) groups excluding carboxylic acids is 1. The first kappa shape index (κ1) is 14.3. The highest BCUT2D eigenvalue weighted by molar-refractivity contribution is 7.09. The van der Waals surface area contributed by atoms with Gasteiger partial charge in [0, 0.05) is 24.2 Å². The van der Waals surface area contributed by atoms with E-state index in [-0.39, 0.29) is 5.91 Å². The Labute approximate surface area is 127 Å². The molecule has 0 atom stereocenters. The van der Waals surface area contributed by atoms with E-state index < -0.39 is 5.60 Å². The second-order valence-electron chi connectivity index (χ2n) is 5.72. The lowest BCUT2D eigenvalue weighted by Gasteiger charge is -2.46. The van der Waals surface area contributed by atoms with Gasteiger partial charge in [-0.3, -0.25) is 4.79 Å². The number of aromatic nitrogens is 2. The molecule has 5 nitrogen and oxygen atoms in total. The molecule has 1 aliphatic rings. The molecule has 0 aliphatic carbocycles. The Morgan fingerprint density at radius 3 is 2.81 bits per heavy atom. The monoisotopic (exact) mass is 305 g/mol. The van der Waals surface area contributed by atoms with Crippen LogP contribution in [-0.2, 0) is 7.05 Å². The van der Waals surface area contributed by atoms with Gasteiger partial charge >= 0.3 is 0 Å². The van der Waals surface area contributed by atoms with Gasteiger partial charge in [0.05, 0.1) is 29.4 Å². The third-order valence-corrected chi connectivity index (χ3v) is 4.83. The number of likely N-dealkylation sites (tertiary alicyclic amines) is 1. The number of amides is 1. The molecule has 1 saturated heterocycles. The minimum atomic E-state index is -0.699. The van der Waals surface area contributed by atoms with Crippen molar-refractivity contribution in [2.75, 3.05) is 13.1 Å². The lowest BCUT2D eigenvalue weighted by Crippen LogP contribution is -2.63. The molecule has 1 N–H and O–H groups in total. The highest BCUT2D eigenvalue weighted by atomic mass is 32.1. The fraction of sp³-hybridized carbons (Fsp3) is 0.467. The second-order valence-corrected chi connectivity index (χ2v) is 6.78. The fourth-order valence-corrected chi connectivity index (χ4v) is 3.23. The zero-order valence-corrected chi connectivity index (χ0v) is 13.3.